The number of fused-ring (bicyclic) bond motifs is 2. The van der Waals surface area contributed by atoms with Crippen LogP contribution in [0.2, 0.25) is 0 Å². The number of carbonyl (C=O) groups excluding carboxylic acids is 4. The molecule has 2 spiro atoms. The topological polar surface area (TPSA) is 111 Å². The second kappa shape index (κ2) is 9.39. The summed E-state index contributed by atoms with van der Waals surface area (Å²) in [5.41, 5.74) is -0.371. The third-order valence-electron chi connectivity index (χ3n) is 9.70. The fraction of sp³-hybridized carbons (Fsp3) is 0.643. The summed E-state index contributed by atoms with van der Waals surface area (Å²) in [6, 6.07) is 4.57. The number of hydrogen-bond acceptors (Lipinski definition) is 6. The lowest BCUT2D eigenvalue weighted by molar-refractivity contribution is -0.143. The molecule has 3 saturated heterocycles. The number of nitrogens with zero attached hydrogens (tertiary/aromatic N) is 3. The number of rotatable bonds is 5. The molecule has 0 aromatic heterocycles. The molecule has 1 saturated carbocycles. The van der Waals surface area contributed by atoms with Crippen LogP contribution in [0.25, 0.3) is 0 Å². The fourth-order valence-electron chi connectivity index (χ4n) is 7.23. The van der Waals surface area contributed by atoms with Crippen LogP contribution in [0.1, 0.15) is 56.6 Å². The van der Waals surface area contributed by atoms with Crippen molar-refractivity contribution in [3.63, 3.8) is 0 Å². The van der Waals surface area contributed by atoms with Crippen molar-refractivity contribution in [1.82, 2.24) is 20.0 Å². The smallest absolute Gasteiger partial charge is 0.418 e. The minimum atomic E-state index is -2.54. The Balaban J connectivity index is 1.12. The molecule has 2 N–H and O–H groups in total. The zero-order valence-corrected chi connectivity index (χ0v) is 22.8. The molecule has 0 radical (unpaired) electrons. The molecule has 5 aliphatic rings. The van der Waals surface area contributed by atoms with Crippen LogP contribution in [0.5, 0.6) is 0 Å². The lowest BCUT2D eigenvalue weighted by Crippen LogP contribution is -2.51. The van der Waals surface area contributed by atoms with Crippen molar-refractivity contribution < 1.29 is 32.7 Å². The molecule has 12 heteroatoms. The second-order valence-corrected chi connectivity index (χ2v) is 12.0. The van der Waals surface area contributed by atoms with Gasteiger partial charge in [0.15, 0.2) is 0 Å². The van der Waals surface area contributed by atoms with Gasteiger partial charge in [-0.05, 0) is 69.8 Å². The molecule has 2 aliphatic carbocycles. The molecular formula is C28H35F2N5O5. The number of nitrogens with one attached hydrogen (secondary N) is 2. The van der Waals surface area contributed by atoms with Gasteiger partial charge in [0.2, 0.25) is 11.5 Å². The average molecular weight is 560 g/mol. The van der Waals surface area contributed by atoms with Gasteiger partial charge in [-0.1, -0.05) is 6.07 Å². The van der Waals surface area contributed by atoms with Gasteiger partial charge in [0.05, 0.1) is 0 Å². The summed E-state index contributed by atoms with van der Waals surface area (Å²) in [4.78, 5) is 56.6. The van der Waals surface area contributed by atoms with Crippen molar-refractivity contribution in [2.75, 3.05) is 38.5 Å². The van der Waals surface area contributed by atoms with Crippen LogP contribution in [0, 0.1) is 5.41 Å². The number of alkyl halides is 2. The van der Waals surface area contributed by atoms with Gasteiger partial charge in [-0.15, -0.1) is 0 Å². The molecule has 216 valence electrons. The van der Waals surface area contributed by atoms with E-state index in [1.165, 1.54) is 7.05 Å². The Morgan fingerprint density at radius 3 is 2.52 bits per heavy atom. The third kappa shape index (κ3) is 4.22. The van der Waals surface area contributed by atoms with Gasteiger partial charge in [-0.25, -0.2) is 23.3 Å². The van der Waals surface area contributed by atoms with Crippen LogP contribution >= 0.6 is 0 Å². The summed E-state index contributed by atoms with van der Waals surface area (Å²) in [6.45, 7) is 3.32. The van der Waals surface area contributed by atoms with E-state index < -0.39 is 35.5 Å². The number of ether oxygens (including phenoxy) is 1. The van der Waals surface area contributed by atoms with E-state index in [-0.39, 0.29) is 36.9 Å². The molecule has 3 atom stereocenters. The number of likely N-dealkylation sites (tertiary alicyclic amines) is 2. The first-order valence-corrected chi connectivity index (χ1v) is 14.1. The van der Waals surface area contributed by atoms with Gasteiger partial charge < -0.3 is 25.2 Å². The Morgan fingerprint density at radius 1 is 1.12 bits per heavy atom. The Bertz CT molecular complexity index is 1270. The monoisotopic (exact) mass is 559 g/mol. The standard InChI is InChI=1S/C28H35F2N5O5/c1-17-3-5-20(14-33-11-9-26(10-12-33)16-28(26,29)30)35(17)22(36)15-34-23(37)27(40-25(34)39)8-7-18-13-19(4-6-21(18)27)32-24(38)31-2/h4,6,13,17,20H,3,5,7-12,14-16H2,1-2H3,(H2,31,32,38)/t17?,20-,27?/m0/s1. The number of hydrogen-bond donors (Lipinski definition) is 2. The highest BCUT2D eigenvalue weighted by molar-refractivity contribution is 6.06. The van der Waals surface area contributed by atoms with Crippen LogP contribution < -0.4 is 10.6 Å². The van der Waals surface area contributed by atoms with E-state index in [0.29, 0.717) is 50.1 Å². The maximum atomic E-state index is 13.8. The predicted molar refractivity (Wildman–Crippen MR) is 140 cm³/mol. The maximum Gasteiger partial charge on any atom is 0.418 e. The fourth-order valence-corrected chi connectivity index (χ4v) is 7.23. The number of piperidine rings is 1. The summed E-state index contributed by atoms with van der Waals surface area (Å²) in [5.74, 6) is -3.41. The number of halogens is 2. The largest absolute Gasteiger partial charge is 0.427 e. The second-order valence-electron chi connectivity index (χ2n) is 12.0. The molecule has 4 fully saturated rings. The first-order valence-electron chi connectivity index (χ1n) is 14.1. The highest BCUT2D eigenvalue weighted by Gasteiger charge is 2.70. The predicted octanol–water partition coefficient (Wildman–Crippen LogP) is 3.06. The first kappa shape index (κ1) is 26.9. The normalized spacial score (nSPS) is 30.1. The molecule has 0 bridgehead atoms. The number of imide groups is 1. The van der Waals surface area contributed by atoms with Crippen molar-refractivity contribution in [2.24, 2.45) is 5.41 Å². The van der Waals surface area contributed by atoms with Gasteiger partial charge in [-0.3, -0.25) is 9.59 Å². The lowest BCUT2D eigenvalue weighted by atomic mass is 9.92. The SMILES string of the molecule is CNC(=O)Nc1ccc2c(c1)CCC21OC(=O)N(CC(=O)N2C(C)CC[C@H]2CN2CCC3(CC2)CC3(F)F)C1=O. The third-order valence-corrected chi connectivity index (χ3v) is 9.70. The summed E-state index contributed by atoms with van der Waals surface area (Å²) < 4.78 is 33.3. The van der Waals surface area contributed by atoms with Crippen LogP contribution in [0.15, 0.2) is 18.2 Å². The Morgan fingerprint density at radius 2 is 1.85 bits per heavy atom. The van der Waals surface area contributed by atoms with Crippen LogP contribution in [0.4, 0.5) is 24.1 Å². The van der Waals surface area contributed by atoms with E-state index in [1.807, 2.05) is 6.92 Å². The molecule has 10 nitrogen and oxygen atoms in total. The summed E-state index contributed by atoms with van der Waals surface area (Å²) in [5, 5.41) is 5.18. The number of urea groups is 1. The van der Waals surface area contributed by atoms with E-state index in [9.17, 15) is 28.0 Å². The summed E-state index contributed by atoms with van der Waals surface area (Å²) in [7, 11) is 1.51. The van der Waals surface area contributed by atoms with Gasteiger partial charge in [0, 0.05) is 55.2 Å². The van der Waals surface area contributed by atoms with E-state index in [2.05, 4.69) is 15.5 Å². The number of carbonyl (C=O) groups is 4. The highest BCUT2D eigenvalue weighted by atomic mass is 19.3. The van der Waals surface area contributed by atoms with Crippen molar-refractivity contribution in [3.05, 3.63) is 29.3 Å². The van der Waals surface area contributed by atoms with Crippen LogP contribution in [-0.4, -0.2) is 89.9 Å². The molecule has 3 aliphatic heterocycles. The molecule has 6 rings (SSSR count). The van der Waals surface area contributed by atoms with Crippen molar-refractivity contribution in [3.8, 4) is 0 Å². The molecular weight excluding hydrogens is 524 g/mol. The molecule has 2 unspecified atom stereocenters. The van der Waals surface area contributed by atoms with Crippen molar-refractivity contribution >= 4 is 29.6 Å². The number of anilines is 1. The molecule has 1 aromatic carbocycles. The van der Waals surface area contributed by atoms with Crippen LogP contribution in [0.3, 0.4) is 0 Å². The average Bonchev–Trinajstić information content (AvgIpc) is 3.22. The highest BCUT2D eigenvalue weighted by Crippen LogP contribution is 2.65. The van der Waals surface area contributed by atoms with Gasteiger partial charge in [0.25, 0.3) is 11.8 Å². The van der Waals surface area contributed by atoms with Crippen molar-refractivity contribution in [1.29, 1.82) is 0 Å². The lowest BCUT2D eigenvalue weighted by Gasteiger charge is -2.37. The maximum absolute atomic E-state index is 13.8. The molecule has 3 heterocycles. The number of amides is 5. The Kier molecular flexibility index (Phi) is 6.32. The van der Waals surface area contributed by atoms with Gasteiger partial charge in [-0.2, -0.15) is 0 Å². The van der Waals surface area contributed by atoms with Crippen molar-refractivity contribution in [2.45, 2.75) is 75.5 Å². The Labute approximate surface area is 231 Å². The Hall–Kier alpha value is -3.28. The minimum absolute atomic E-state index is 0.0150. The molecule has 5 amide bonds. The summed E-state index contributed by atoms with van der Waals surface area (Å²) in [6.07, 6.45) is 2.41. The van der Waals surface area contributed by atoms with Gasteiger partial charge in [0.1, 0.15) is 6.54 Å². The zero-order valence-electron chi connectivity index (χ0n) is 22.8. The quantitative estimate of drug-likeness (QED) is 0.574. The van der Waals surface area contributed by atoms with E-state index in [0.717, 1.165) is 23.3 Å². The van der Waals surface area contributed by atoms with E-state index in [4.69, 9.17) is 4.74 Å². The molecule has 1 aromatic rings. The van der Waals surface area contributed by atoms with E-state index >= 15 is 0 Å². The van der Waals surface area contributed by atoms with E-state index in [1.54, 1.807) is 23.1 Å². The number of benzene rings is 1. The zero-order chi connectivity index (χ0) is 28.4. The van der Waals surface area contributed by atoms with Crippen LogP contribution in [-0.2, 0) is 26.3 Å². The molecule has 40 heavy (non-hydrogen) atoms. The number of aryl methyl sites for hydroxylation is 1. The minimum Gasteiger partial charge on any atom is -0.427 e. The summed E-state index contributed by atoms with van der Waals surface area (Å²) >= 11 is 0. The first-order chi connectivity index (χ1) is 19.0. The van der Waals surface area contributed by atoms with Gasteiger partial charge >= 0.3 is 12.1 Å².